The van der Waals surface area contributed by atoms with Crippen LogP contribution in [0, 0.1) is 0 Å². The Kier molecular flexibility index (Phi) is 11.4. The molecule has 0 N–H and O–H groups in total. The van der Waals surface area contributed by atoms with Crippen molar-refractivity contribution in [1.82, 2.24) is 0 Å². The fraction of sp³-hybridized carbons (Fsp3) is 0.682. The Morgan fingerprint density at radius 2 is 1.35 bits per heavy atom. The van der Waals surface area contributed by atoms with Crippen molar-refractivity contribution in [2.24, 2.45) is 0 Å². The molecule has 0 aromatic carbocycles. The maximum absolute atomic E-state index is 12.8. The Morgan fingerprint density at radius 3 is 1.78 bits per heavy atom. The topological polar surface area (TPSA) is 193 Å². The van der Waals surface area contributed by atoms with Gasteiger partial charge < -0.3 is 37.9 Å². The number of methoxy groups -OCH3 is 1. The predicted molar refractivity (Wildman–Crippen MR) is 115 cm³/mol. The van der Waals surface area contributed by atoms with Gasteiger partial charge in [0.1, 0.15) is 18.8 Å². The van der Waals surface area contributed by atoms with Crippen molar-refractivity contribution >= 4 is 41.8 Å². The molecule has 37 heavy (non-hydrogen) atoms. The SMILES string of the molecule is COC(=O)[C@]1(OC(C)=O)C[C@H](OC(C)=O)[C@H](OC(C)=O)[C@H]([C@H](OC(C)=O)[C@@H](COC(C)=O)OC(C)=O)O1. The minimum Gasteiger partial charge on any atom is -0.464 e. The van der Waals surface area contributed by atoms with Crippen LogP contribution < -0.4 is 0 Å². The normalized spacial score (nSPS) is 24.4. The highest BCUT2D eigenvalue weighted by Crippen LogP contribution is 2.38. The molecule has 0 aromatic rings. The Hall–Kier alpha value is -3.75. The molecular formula is C22H30O15. The predicted octanol–water partition coefficient (Wildman–Crippen LogP) is -0.502. The first-order valence-corrected chi connectivity index (χ1v) is 10.9. The fourth-order valence-corrected chi connectivity index (χ4v) is 3.62. The van der Waals surface area contributed by atoms with Gasteiger partial charge in [-0.05, 0) is 0 Å². The number of hydrogen-bond acceptors (Lipinski definition) is 15. The van der Waals surface area contributed by atoms with Gasteiger partial charge in [-0.2, -0.15) is 0 Å². The van der Waals surface area contributed by atoms with Crippen LogP contribution in [0.3, 0.4) is 0 Å². The summed E-state index contributed by atoms with van der Waals surface area (Å²) in [6.45, 7) is 5.37. The van der Waals surface area contributed by atoms with E-state index in [4.69, 9.17) is 37.9 Å². The zero-order valence-corrected chi connectivity index (χ0v) is 21.4. The first kappa shape index (κ1) is 31.3. The lowest BCUT2D eigenvalue weighted by molar-refractivity contribution is -0.321. The smallest absolute Gasteiger partial charge is 0.379 e. The van der Waals surface area contributed by atoms with Crippen LogP contribution in [0.15, 0.2) is 0 Å². The first-order chi connectivity index (χ1) is 17.1. The highest BCUT2D eigenvalue weighted by molar-refractivity contribution is 5.82. The summed E-state index contributed by atoms with van der Waals surface area (Å²) >= 11 is 0. The summed E-state index contributed by atoms with van der Waals surface area (Å²) in [5.41, 5.74) is 0. The molecule has 1 aliphatic heterocycles. The lowest BCUT2D eigenvalue weighted by Crippen LogP contribution is -2.66. The molecule has 0 amide bonds. The molecule has 0 saturated carbocycles. The number of carbonyl (C=O) groups is 7. The molecule has 0 spiro atoms. The van der Waals surface area contributed by atoms with E-state index in [9.17, 15) is 33.6 Å². The van der Waals surface area contributed by atoms with Gasteiger partial charge in [0.05, 0.1) is 13.5 Å². The third-order valence-electron chi connectivity index (χ3n) is 4.67. The molecule has 0 radical (unpaired) electrons. The van der Waals surface area contributed by atoms with E-state index in [0.717, 1.165) is 48.7 Å². The van der Waals surface area contributed by atoms with E-state index in [1.807, 2.05) is 0 Å². The zero-order valence-electron chi connectivity index (χ0n) is 21.4. The molecule has 15 heteroatoms. The van der Waals surface area contributed by atoms with Gasteiger partial charge in [0.15, 0.2) is 18.3 Å². The molecule has 208 valence electrons. The summed E-state index contributed by atoms with van der Waals surface area (Å²) in [6, 6.07) is 0. The average Bonchev–Trinajstić information content (AvgIpc) is 2.74. The molecule has 1 rings (SSSR count). The van der Waals surface area contributed by atoms with Crippen LogP contribution >= 0.6 is 0 Å². The number of hydrogen-bond donors (Lipinski definition) is 0. The molecule has 6 atom stereocenters. The number of ether oxygens (including phenoxy) is 8. The molecule has 0 unspecified atom stereocenters. The van der Waals surface area contributed by atoms with Crippen LogP contribution in [0.1, 0.15) is 48.0 Å². The summed E-state index contributed by atoms with van der Waals surface area (Å²) in [4.78, 5) is 83.9. The summed E-state index contributed by atoms with van der Waals surface area (Å²) in [6.07, 6.45) is -8.97. The monoisotopic (exact) mass is 534 g/mol. The second-order valence-electron chi connectivity index (χ2n) is 7.87. The average molecular weight is 534 g/mol. The molecule has 0 aromatic heterocycles. The highest BCUT2D eigenvalue weighted by atomic mass is 16.8. The van der Waals surface area contributed by atoms with E-state index in [-0.39, 0.29) is 0 Å². The third-order valence-corrected chi connectivity index (χ3v) is 4.67. The number of esters is 7. The van der Waals surface area contributed by atoms with Crippen molar-refractivity contribution in [3.8, 4) is 0 Å². The van der Waals surface area contributed by atoms with Crippen LogP contribution in [0.5, 0.6) is 0 Å². The molecule has 1 saturated heterocycles. The van der Waals surface area contributed by atoms with Crippen LogP contribution in [0.4, 0.5) is 0 Å². The van der Waals surface area contributed by atoms with E-state index in [1.54, 1.807) is 0 Å². The van der Waals surface area contributed by atoms with E-state index in [2.05, 4.69) is 0 Å². The van der Waals surface area contributed by atoms with Gasteiger partial charge >= 0.3 is 47.6 Å². The maximum atomic E-state index is 12.8. The van der Waals surface area contributed by atoms with E-state index >= 15 is 0 Å². The second-order valence-corrected chi connectivity index (χ2v) is 7.87. The Bertz CT molecular complexity index is 912. The van der Waals surface area contributed by atoms with Crippen LogP contribution in [0.2, 0.25) is 0 Å². The van der Waals surface area contributed by atoms with Gasteiger partial charge in [0.2, 0.25) is 0 Å². The van der Waals surface area contributed by atoms with Crippen LogP contribution in [0.25, 0.3) is 0 Å². The fourth-order valence-electron chi connectivity index (χ4n) is 3.62. The second kappa shape index (κ2) is 13.5. The summed E-state index contributed by atoms with van der Waals surface area (Å²) in [5.74, 6) is -9.28. The Morgan fingerprint density at radius 1 is 0.784 bits per heavy atom. The zero-order chi connectivity index (χ0) is 28.5. The number of carbonyl (C=O) groups excluding carboxylic acids is 7. The van der Waals surface area contributed by atoms with Crippen molar-refractivity contribution in [3.05, 3.63) is 0 Å². The van der Waals surface area contributed by atoms with Gasteiger partial charge in [0, 0.05) is 41.5 Å². The molecular weight excluding hydrogens is 504 g/mol. The van der Waals surface area contributed by atoms with Crippen molar-refractivity contribution in [3.63, 3.8) is 0 Å². The van der Waals surface area contributed by atoms with Crippen molar-refractivity contribution < 1.29 is 71.5 Å². The summed E-state index contributed by atoms with van der Waals surface area (Å²) < 4.78 is 41.6. The van der Waals surface area contributed by atoms with E-state index in [1.165, 1.54) is 0 Å². The third kappa shape index (κ3) is 9.33. The number of rotatable bonds is 10. The molecule has 15 nitrogen and oxygen atoms in total. The molecule has 0 aliphatic carbocycles. The highest BCUT2D eigenvalue weighted by Gasteiger charge is 2.61. The largest absolute Gasteiger partial charge is 0.464 e. The summed E-state index contributed by atoms with van der Waals surface area (Å²) in [5, 5.41) is 0. The van der Waals surface area contributed by atoms with Gasteiger partial charge in [-0.25, -0.2) is 4.79 Å². The molecule has 1 heterocycles. The van der Waals surface area contributed by atoms with Crippen molar-refractivity contribution in [2.45, 2.75) is 84.3 Å². The van der Waals surface area contributed by atoms with Crippen molar-refractivity contribution in [2.75, 3.05) is 13.7 Å². The standard InChI is InChI=1S/C22H30O15/c1-10(23)31-9-17(33-12(3)25)19(35-14(5)27)20-18(34-13(4)26)16(32-11(2)24)8-22(37-20,21(29)30-7)36-15(6)28/h16-20H,8-9H2,1-7H3/t16-,17+,18-,19+,20+,22-/m0/s1. The minimum atomic E-state index is -2.58. The lowest BCUT2D eigenvalue weighted by atomic mass is 9.89. The Balaban J connectivity index is 3.83. The van der Waals surface area contributed by atoms with E-state index < -0.39 is 91.1 Å². The van der Waals surface area contributed by atoms with Gasteiger partial charge in [0.25, 0.3) is 0 Å². The summed E-state index contributed by atoms with van der Waals surface area (Å²) in [7, 11) is 0.955. The Labute approximate surface area is 211 Å². The first-order valence-electron chi connectivity index (χ1n) is 10.9. The maximum Gasteiger partial charge on any atom is 0.379 e. The minimum absolute atomic E-state index is 0.670. The van der Waals surface area contributed by atoms with Crippen LogP contribution in [-0.2, 0) is 71.5 Å². The van der Waals surface area contributed by atoms with E-state index in [0.29, 0.717) is 0 Å². The molecule has 0 bridgehead atoms. The van der Waals surface area contributed by atoms with Gasteiger partial charge in [-0.1, -0.05) is 0 Å². The lowest BCUT2D eigenvalue weighted by Gasteiger charge is -2.47. The van der Waals surface area contributed by atoms with Gasteiger partial charge in [-0.3, -0.25) is 28.8 Å². The quantitative estimate of drug-likeness (QED) is 0.257. The molecule has 1 aliphatic rings. The van der Waals surface area contributed by atoms with Crippen LogP contribution in [-0.4, -0.2) is 91.8 Å². The van der Waals surface area contributed by atoms with Crippen molar-refractivity contribution in [1.29, 1.82) is 0 Å². The van der Waals surface area contributed by atoms with Gasteiger partial charge in [-0.15, -0.1) is 0 Å². The molecule has 1 fully saturated rings.